The van der Waals surface area contributed by atoms with Crippen molar-refractivity contribution < 1.29 is 4.79 Å². The molecule has 0 atom stereocenters. The van der Waals surface area contributed by atoms with Crippen LogP contribution >= 0.6 is 0 Å². The van der Waals surface area contributed by atoms with Gasteiger partial charge in [-0.05, 0) is 42.7 Å². The minimum atomic E-state index is 0.132. The standard InChI is InChI=1S/C15H17N3O/c1-18-8-6-13(17-18)10-15(19)12-4-5-14-11(9-12)3-2-7-16-14/h4-6,8-9,16H,2-3,7,10H2,1H3. The Balaban J connectivity index is 1.80. The number of anilines is 1. The fourth-order valence-electron chi connectivity index (χ4n) is 2.47. The molecular weight excluding hydrogens is 238 g/mol. The molecule has 1 N–H and O–H groups in total. The lowest BCUT2D eigenvalue weighted by atomic mass is 9.98. The van der Waals surface area contributed by atoms with Crippen molar-refractivity contribution in [2.45, 2.75) is 19.3 Å². The monoisotopic (exact) mass is 255 g/mol. The Kier molecular flexibility index (Phi) is 3.07. The van der Waals surface area contributed by atoms with Gasteiger partial charge in [-0.25, -0.2) is 0 Å². The maximum Gasteiger partial charge on any atom is 0.168 e. The quantitative estimate of drug-likeness (QED) is 0.855. The lowest BCUT2D eigenvalue weighted by Crippen LogP contribution is -2.13. The smallest absolute Gasteiger partial charge is 0.168 e. The molecule has 98 valence electrons. The van der Waals surface area contributed by atoms with Crippen LogP contribution in [0.5, 0.6) is 0 Å². The summed E-state index contributed by atoms with van der Waals surface area (Å²) in [6.45, 7) is 1.02. The second-order valence-corrected chi connectivity index (χ2v) is 4.98. The lowest BCUT2D eigenvalue weighted by molar-refractivity contribution is 0.0991. The molecule has 4 heteroatoms. The van der Waals surface area contributed by atoms with Gasteiger partial charge in [-0.15, -0.1) is 0 Å². The third kappa shape index (κ3) is 2.52. The van der Waals surface area contributed by atoms with Gasteiger partial charge in [0.2, 0.25) is 0 Å². The average Bonchev–Trinajstić information content (AvgIpc) is 2.83. The second-order valence-electron chi connectivity index (χ2n) is 4.98. The van der Waals surface area contributed by atoms with Crippen LogP contribution in [-0.4, -0.2) is 22.1 Å². The van der Waals surface area contributed by atoms with Crippen molar-refractivity contribution in [2.24, 2.45) is 7.05 Å². The van der Waals surface area contributed by atoms with Crippen molar-refractivity contribution in [3.63, 3.8) is 0 Å². The van der Waals surface area contributed by atoms with E-state index in [1.807, 2.05) is 37.5 Å². The summed E-state index contributed by atoms with van der Waals surface area (Å²) in [7, 11) is 1.86. The van der Waals surface area contributed by atoms with E-state index in [0.29, 0.717) is 6.42 Å². The topological polar surface area (TPSA) is 46.9 Å². The molecule has 1 aliphatic rings. The zero-order valence-corrected chi connectivity index (χ0v) is 11.0. The molecule has 0 saturated heterocycles. The van der Waals surface area contributed by atoms with Gasteiger partial charge >= 0.3 is 0 Å². The zero-order chi connectivity index (χ0) is 13.2. The average molecular weight is 255 g/mol. The highest BCUT2D eigenvalue weighted by Gasteiger charge is 2.13. The molecule has 0 spiro atoms. The van der Waals surface area contributed by atoms with Crippen LogP contribution in [-0.2, 0) is 19.9 Å². The SMILES string of the molecule is Cn1ccc(CC(=O)c2ccc3c(c2)CCCN3)n1. The number of nitrogens with one attached hydrogen (secondary N) is 1. The van der Waals surface area contributed by atoms with E-state index in [4.69, 9.17) is 0 Å². The molecule has 4 nitrogen and oxygen atoms in total. The number of carbonyl (C=O) groups excluding carboxylic acids is 1. The molecule has 1 aromatic heterocycles. The molecule has 1 aromatic carbocycles. The fraction of sp³-hybridized carbons (Fsp3) is 0.333. The number of aromatic nitrogens is 2. The summed E-state index contributed by atoms with van der Waals surface area (Å²) in [5, 5.41) is 7.60. The van der Waals surface area contributed by atoms with Crippen LogP contribution in [0.1, 0.15) is 28.0 Å². The third-order valence-electron chi connectivity index (χ3n) is 3.48. The van der Waals surface area contributed by atoms with Gasteiger partial charge in [-0.3, -0.25) is 9.48 Å². The van der Waals surface area contributed by atoms with E-state index in [1.54, 1.807) is 4.68 Å². The summed E-state index contributed by atoms with van der Waals surface area (Å²) in [4.78, 5) is 12.2. The van der Waals surface area contributed by atoms with E-state index in [9.17, 15) is 4.79 Å². The second kappa shape index (κ2) is 4.88. The maximum absolute atomic E-state index is 12.2. The van der Waals surface area contributed by atoms with Gasteiger partial charge in [-0.2, -0.15) is 5.10 Å². The van der Waals surface area contributed by atoms with Gasteiger partial charge in [0, 0.05) is 31.0 Å². The molecule has 1 aliphatic heterocycles. The van der Waals surface area contributed by atoms with Gasteiger partial charge in [0.1, 0.15) is 0 Å². The van der Waals surface area contributed by atoms with Crippen molar-refractivity contribution in [3.05, 3.63) is 47.3 Å². The third-order valence-corrected chi connectivity index (χ3v) is 3.48. The van der Waals surface area contributed by atoms with Crippen LogP contribution in [0, 0.1) is 0 Å². The van der Waals surface area contributed by atoms with E-state index in [1.165, 1.54) is 11.3 Å². The molecule has 0 saturated carbocycles. The van der Waals surface area contributed by atoms with Gasteiger partial charge in [0.25, 0.3) is 0 Å². The predicted octanol–water partition coefficient (Wildman–Crippen LogP) is 2.20. The number of ketones is 1. The van der Waals surface area contributed by atoms with Gasteiger partial charge in [0.05, 0.1) is 12.1 Å². The van der Waals surface area contributed by atoms with Crippen LogP contribution in [0.2, 0.25) is 0 Å². The number of aryl methyl sites for hydroxylation is 2. The highest BCUT2D eigenvalue weighted by atomic mass is 16.1. The Hall–Kier alpha value is -2.10. The summed E-state index contributed by atoms with van der Waals surface area (Å²) >= 11 is 0. The molecule has 3 rings (SSSR count). The zero-order valence-electron chi connectivity index (χ0n) is 11.0. The van der Waals surface area contributed by atoms with E-state index in [-0.39, 0.29) is 5.78 Å². The van der Waals surface area contributed by atoms with Crippen LogP contribution in [0.25, 0.3) is 0 Å². The summed E-state index contributed by atoms with van der Waals surface area (Å²) < 4.78 is 1.72. The summed E-state index contributed by atoms with van der Waals surface area (Å²) in [6, 6.07) is 7.83. The Morgan fingerprint density at radius 3 is 3.11 bits per heavy atom. The molecule has 2 aromatic rings. The number of hydrogen-bond donors (Lipinski definition) is 1. The molecule has 0 amide bonds. The number of hydrogen-bond acceptors (Lipinski definition) is 3. The highest BCUT2D eigenvalue weighted by molar-refractivity contribution is 5.97. The van der Waals surface area contributed by atoms with E-state index < -0.39 is 0 Å². The Labute approximate surface area is 112 Å². The molecule has 0 bridgehead atoms. The van der Waals surface area contributed by atoms with Gasteiger partial charge < -0.3 is 5.32 Å². The molecule has 0 fully saturated rings. The Morgan fingerprint density at radius 1 is 1.42 bits per heavy atom. The molecule has 0 radical (unpaired) electrons. The Morgan fingerprint density at radius 2 is 2.32 bits per heavy atom. The van der Waals surface area contributed by atoms with Crippen LogP contribution in [0.15, 0.2) is 30.5 Å². The summed E-state index contributed by atoms with van der Waals surface area (Å²) in [5.74, 6) is 0.132. The van der Waals surface area contributed by atoms with E-state index >= 15 is 0 Å². The normalized spacial score (nSPS) is 13.7. The molecule has 19 heavy (non-hydrogen) atoms. The highest BCUT2D eigenvalue weighted by Crippen LogP contribution is 2.23. The fourth-order valence-corrected chi connectivity index (χ4v) is 2.47. The largest absolute Gasteiger partial charge is 0.385 e. The van der Waals surface area contributed by atoms with Crippen LogP contribution in [0.3, 0.4) is 0 Å². The number of rotatable bonds is 3. The molecular formula is C15H17N3O. The first-order chi connectivity index (χ1) is 9.22. The minimum absolute atomic E-state index is 0.132. The molecule has 0 unspecified atom stereocenters. The van der Waals surface area contributed by atoms with Crippen LogP contribution in [0.4, 0.5) is 5.69 Å². The summed E-state index contributed by atoms with van der Waals surface area (Å²) in [6.07, 6.45) is 4.41. The van der Waals surface area contributed by atoms with E-state index in [0.717, 1.165) is 30.6 Å². The van der Waals surface area contributed by atoms with Crippen molar-refractivity contribution in [1.29, 1.82) is 0 Å². The minimum Gasteiger partial charge on any atom is -0.385 e. The lowest BCUT2D eigenvalue weighted by Gasteiger charge is -2.18. The number of fused-ring (bicyclic) bond motifs is 1. The predicted molar refractivity (Wildman–Crippen MR) is 74.5 cm³/mol. The van der Waals surface area contributed by atoms with Crippen molar-refractivity contribution in [3.8, 4) is 0 Å². The first kappa shape index (κ1) is 12.0. The van der Waals surface area contributed by atoms with Gasteiger partial charge in [0.15, 0.2) is 5.78 Å². The first-order valence-electron chi connectivity index (χ1n) is 6.61. The Bertz CT molecular complexity index is 616. The van der Waals surface area contributed by atoms with Crippen molar-refractivity contribution in [1.82, 2.24) is 9.78 Å². The number of nitrogens with zero attached hydrogens (tertiary/aromatic N) is 2. The van der Waals surface area contributed by atoms with Crippen molar-refractivity contribution in [2.75, 3.05) is 11.9 Å². The number of carbonyl (C=O) groups is 1. The van der Waals surface area contributed by atoms with Crippen LogP contribution < -0.4 is 5.32 Å². The van der Waals surface area contributed by atoms with Gasteiger partial charge in [-0.1, -0.05) is 0 Å². The number of benzene rings is 1. The maximum atomic E-state index is 12.2. The molecule has 2 heterocycles. The van der Waals surface area contributed by atoms with E-state index in [2.05, 4.69) is 10.4 Å². The molecule has 0 aliphatic carbocycles. The summed E-state index contributed by atoms with van der Waals surface area (Å²) in [5.41, 5.74) is 4.02. The number of Topliss-reactive ketones (excluding diaryl/α,β-unsaturated/α-hetero) is 1. The first-order valence-corrected chi connectivity index (χ1v) is 6.61. The van der Waals surface area contributed by atoms with Crippen molar-refractivity contribution >= 4 is 11.5 Å².